The van der Waals surface area contributed by atoms with Crippen LogP contribution in [-0.2, 0) is 4.74 Å². The van der Waals surface area contributed by atoms with E-state index >= 15 is 0 Å². The summed E-state index contributed by atoms with van der Waals surface area (Å²) >= 11 is 0. The summed E-state index contributed by atoms with van der Waals surface area (Å²) in [5.41, 5.74) is -0.207. The maximum absolute atomic E-state index is 12.6. The normalized spacial score (nSPS) is 11.4. The molecule has 1 unspecified atom stereocenters. The minimum atomic E-state index is -0.713. The Labute approximate surface area is 145 Å². The first kappa shape index (κ1) is 18.2. The largest absolute Gasteiger partial charge is 0.491 e. The van der Waals surface area contributed by atoms with Crippen molar-refractivity contribution in [3.63, 3.8) is 0 Å². The van der Waals surface area contributed by atoms with Gasteiger partial charge in [0, 0.05) is 18.5 Å². The number of benzene rings is 1. The third-order valence-electron chi connectivity index (χ3n) is 3.42. The second-order valence-corrected chi connectivity index (χ2v) is 5.45. The molecule has 0 saturated heterocycles. The molecule has 1 aromatic carbocycles. The first-order chi connectivity index (χ1) is 12.1. The second kappa shape index (κ2) is 8.64. The number of nitriles is 1. The van der Waals surface area contributed by atoms with E-state index in [2.05, 4.69) is 11.1 Å². The van der Waals surface area contributed by atoms with E-state index in [1.165, 1.54) is 17.1 Å². The van der Waals surface area contributed by atoms with Crippen molar-refractivity contribution in [2.75, 3.05) is 13.2 Å². The molecule has 2 aromatic rings. The molecule has 0 amide bonds. The number of aromatic nitrogens is 2. The van der Waals surface area contributed by atoms with Crippen LogP contribution in [-0.4, -0.2) is 28.7 Å². The van der Waals surface area contributed by atoms with Gasteiger partial charge in [0.1, 0.15) is 17.6 Å². The summed E-state index contributed by atoms with van der Waals surface area (Å²) < 4.78 is 11.9. The van der Waals surface area contributed by atoms with Gasteiger partial charge < -0.3 is 9.47 Å². The SMILES string of the molecule is CCOC(=O)c1cncn(-c2ccccc2OCC(C)CC#N)c1=O. The number of rotatable bonds is 7. The molecule has 7 nitrogen and oxygen atoms in total. The van der Waals surface area contributed by atoms with Gasteiger partial charge in [-0.25, -0.2) is 9.78 Å². The number of esters is 1. The van der Waals surface area contributed by atoms with E-state index in [9.17, 15) is 9.59 Å². The Morgan fingerprint density at radius 3 is 2.88 bits per heavy atom. The molecule has 0 N–H and O–H groups in total. The number of hydrogen-bond donors (Lipinski definition) is 0. The fourth-order valence-electron chi connectivity index (χ4n) is 2.16. The number of hydrogen-bond acceptors (Lipinski definition) is 6. The fraction of sp³-hybridized carbons (Fsp3) is 0.333. The average Bonchev–Trinajstić information content (AvgIpc) is 2.61. The number of carbonyl (C=O) groups is 1. The molecule has 2 rings (SSSR count). The fourth-order valence-corrected chi connectivity index (χ4v) is 2.16. The predicted molar refractivity (Wildman–Crippen MR) is 90.7 cm³/mol. The highest BCUT2D eigenvalue weighted by atomic mass is 16.5. The average molecular weight is 341 g/mol. The molecule has 7 heteroatoms. The molecule has 0 spiro atoms. The molecule has 0 saturated carbocycles. The Hall–Kier alpha value is -3.14. The van der Waals surface area contributed by atoms with Crippen LogP contribution in [0.5, 0.6) is 5.75 Å². The van der Waals surface area contributed by atoms with Gasteiger partial charge in [0.2, 0.25) is 0 Å². The molecule has 130 valence electrons. The monoisotopic (exact) mass is 341 g/mol. The van der Waals surface area contributed by atoms with E-state index in [0.717, 1.165) is 0 Å². The van der Waals surface area contributed by atoms with Crippen LogP contribution >= 0.6 is 0 Å². The van der Waals surface area contributed by atoms with Crippen molar-refractivity contribution in [1.82, 2.24) is 9.55 Å². The number of ether oxygens (including phenoxy) is 2. The Balaban J connectivity index is 2.37. The van der Waals surface area contributed by atoms with Crippen LogP contribution in [0.3, 0.4) is 0 Å². The van der Waals surface area contributed by atoms with Crippen molar-refractivity contribution in [1.29, 1.82) is 5.26 Å². The molecule has 1 heterocycles. The Kier molecular flexibility index (Phi) is 6.29. The lowest BCUT2D eigenvalue weighted by Crippen LogP contribution is -2.27. The highest BCUT2D eigenvalue weighted by Gasteiger charge is 2.16. The van der Waals surface area contributed by atoms with Gasteiger partial charge in [0.25, 0.3) is 5.56 Å². The summed E-state index contributed by atoms with van der Waals surface area (Å²) in [4.78, 5) is 28.4. The van der Waals surface area contributed by atoms with Gasteiger partial charge >= 0.3 is 5.97 Å². The number of nitrogens with zero attached hydrogens (tertiary/aromatic N) is 3. The molecule has 0 aliphatic heterocycles. The molecule has 25 heavy (non-hydrogen) atoms. The van der Waals surface area contributed by atoms with E-state index < -0.39 is 11.5 Å². The van der Waals surface area contributed by atoms with Gasteiger partial charge in [0.05, 0.1) is 25.0 Å². The predicted octanol–water partition coefficient (Wildman–Crippen LogP) is 2.34. The summed E-state index contributed by atoms with van der Waals surface area (Å²) in [5.74, 6) is -0.189. The third kappa shape index (κ3) is 4.44. The van der Waals surface area contributed by atoms with E-state index in [1.807, 2.05) is 6.92 Å². The Bertz CT molecular complexity index is 839. The van der Waals surface area contributed by atoms with Crippen LogP contribution < -0.4 is 10.3 Å². The van der Waals surface area contributed by atoms with Crippen LogP contribution in [0.15, 0.2) is 41.6 Å². The molecule has 0 aliphatic carbocycles. The summed E-state index contributed by atoms with van der Waals surface area (Å²) in [6.45, 7) is 4.08. The van der Waals surface area contributed by atoms with Gasteiger partial charge in [0.15, 0.2) is 0 Å². The minimum absolute atomic E-state index is 0.0544. The molecule has 1 aromatic heterocycles. The molecular formula is C18H19N3O4. The van der Waals surface area contributed by atoms with E-state index in [4.69, 9.17) is 14.7 Å². The zero-order valence-corrected chi connectivity index (χ0v) is 14.1. The molecule has 1 atom stereocenters. The van der Waals surface area contributed by atoms with E-state index in [0.29, 0.717) is 24.5 Å². The van der Waals surface area contributed by atoms with Crippen LogP contribution in [0.1, 0.15) is 30.6 Å². The van der Waals surface area contributed by atoms with Crippen molar-refractivity contribution in [2.45, 2.75) is 20.3 Å². The molecule has 0 aliphatic rings. The lowest BCUT2D eigenvalue weighted by atomic mass is 10.1. The van der Waals surface area contributed by atoms with Crippen molar-refractivity contribution < 1.29 is 14.3 Å². The van der Waals surface area contributed by atoms with E-state index in [-0.39, 0.29) is 18.1 Å². The van der Waals surface area contributed by atoms with Gasteiger partial charge in [-0.1, -0.05) is 19.1 Å². The smallest absolute Gasteiger partial charge is 0.345 e. The summed E-state index contributed by atoms with van der Waals surface area (Å²) in [6, 6.07) is 9.04. The number of carbonyl (C=O) groups excluding carboxylic acids is 1. The lowest BCUT2D eigenvalue weighted by Gasteiger charge is -2.15. The Morgan fingerprint density at radius 1 is 1.40 bits per heavy atom. The Morgan fingerprint density at radius 2 is 2.16 bits per heavy atom. The highest BCUT2D eigenvalue weighted by Crippen LogP contribution is 2.22. The topological polar surface area (TPSA) is 94.2 Å². The zero-order valence-electron chi connectivity index (χ0n) is 14.1. The minimum Gasteiger partial charge on any atom is -0.491 e. The van der Waals surface area contributed by atoms with Gasteiger partial charge in [-0.3, -0.25) is 9.36 Å². The van der Waals surface area contributed by atoms with Gasteiger partial charge in [-0.15, -0.1) is 0 Å². The first-order valence-corrected chi connectivity index (χ1v) is 7.91. The molecule has 0 fully saturated rings. The maximum atomic E-state index is 12.6. The quantitative estimate of drug-likeness (QED) is 0.718. The maximum Gasteiger partial charge on any atom is 0.345 e. The standard InChI is InChI=1S/C18H19N3O4/c1-3-24-18(23)14-10-20-12-21(17(14)22)15-6-4-5-7-16(15)25-11-13(2)8-9-19/h4-7,10,12-13H,3,8,11H2,1-2H3. The van der Waals surface area contributed by atoms with Gasteiger partial charge in [-0.2, -0.15) is 5.26 Å². The van der Waals surface area contributed by atoms with Crippen LogP contribution in [0.2, 0.25) is 0 Å². The summed E-state index contributed by atoms with van der Waals surface area (Å²) in [6.07, 6.45) is 2.89. The van der Waals surface area contributed by atoms with Crippen molar-refractivity contribution in [2.24, 2.45) is 5.92 Å². The van der Waals surface area contributed by atoms with Crippen molar-refractivity contribution in [3.8, 4) is 17.5 Å². The third-order valence-corrected chi connectivity index (χ3v) is 3.42. The summed E-state index contributed by atoms with van der Waals surface area (Å²) in [5, 5.41) is 8.73. The van der Waals surface area contributed by atoms with E-state index in [1.54, 1.807) is 31.2 Å². The van der Waals surface area contributed by atoms with Crippen LogP contribution in [0, 0.1) is 17.2 Å². The molecule has 0 radical (unpaired) electrons. The zero-order chi connectivity index (χ0) is 18.2. The van der Waals surface area contributed by atoms with Crippen molar-refractivity contribution in [3.05, 3.63) is 52.7 Å². The van der Waals surface area contributed by atoms with Crippen molar-refractivity contribution >= 4 is 5.97 Å². The lowest BCUT2D eigenvalue weighted by molar-refractivity contribution is 0.0523. The molecule has 0 bridgehead atoms. The van der Waals surface area contributed by atoms with Gasteiger partial charge in [-0.05, 0) is 19.1 Å². The van der Waals surface area contributed by atoms with Crippen LogP contribution in [0.25, 0.3) is 5.69 Å². The summed E-state index contributed by atoms with van der Waals surface area (Å²) in [7, 11) is 0. The highest BCUT2D eigenvalue weighted by molar-refractivity contribution is 5.88. The van der Waals surface area contributed by atoms with Crippen LogP contribution in [0.4, 0.5) is 0 Å². The number of para-hydroxylation sites is 2. The molecular weight excluding hydrogens is 322 g/mol. The first-order valence-electron chi connectivity index (χ1n) is 7.91. The second-order valence-electron chi connectivity index (χ2n) is 5.45.